The molecule has 3 aromatic rings. The minimum atomic E-state index is -0.473. The van der Waals surface area contributed by atoms with Crippen LogP contribution in [-0.4, -0.2) is 26.1 Å². The van der Waals surface area contributed by atoms with Gasteiger partial charge in [-0.2, -0.15) is 0 Å². The molecule has 0 amide bonds. The van der Waals surface area contributed by atoms with Crippen LogP contribution in [0.1, 0.15) is 15.9 Å². The first-order valence-electron chi connectivity index (χ1n) is 9.24. The molecule has 0 atom stereocenters. The zero-order valence-corrected chi connectivity index (χ0v) is 16.8. The summed E-state index contributed by atoms with van der Waals surface area (Å²) in [5.74, 6) is 1.63. The Bertz CT molecular complexity index is 1040. The minimum Gasteiger partial charge on any atom is -0.496 e. The van der Waals surface area contributed by atoms with E-state index in [-0.39, 0.29) is 12.5 Å². The Morgan fingerprint density at radius 1 is 0.967 bits per heavy atom. The Morgan fingerprint density at radius 3 is 2.47 bits per heavy atom. The number of methoxy groups -OCH3 is 2. The number of hydrogen-bond donors (Lipinski definition) is 2. The fourth-order valence-electron chi connectivity index (χ4n) is 2.75. The van der Waals surface area contributed by atoms with E-state index in [1.165, 1.54) is 14.2 Å². The van der Waals surface area contributed by atoms with Crippen molar-refractivity contribution in [3.05, 3.63) is 83.9 Å². The highest BCUT2D eigenvalue weighted by molar-refractivity contribution is 5.93. The monoisotopic (exact) mass is 405 g/mol. The first kappa shape index (κ1) is 20.7. The second kappa shape index (κ2) is 9.97. The third-order valence-electron chi connectivity index (χ3n) is 4.19. The molecule has 0 spiro atoms. The van der Waals surface area contributed by atoms with Crippen molar-refractivity contribution in [2.24, 2.45) is 10.7 Å². The third kappa shape index (κ3) is 5.51. The summed E-state index contributed by atoms with van der Waals surface area (Å²) < 4.78 is 15.8. The Hall–Kier alpha value is -4.00. The van der Waals surface area contributed by atoms with Gasteiger partial charge in [-0.1, -0.05) is 30.3 Å². The average Bonchev–Trinajstić information content (AvgIpc) is 2.78. The van der Waals surface area contributed by atoms with Crippen molar-refractivity contribution in [1.29, 1.82) is 0 Å². The molecule has 3 rings (SSSR count). The number of carbonyl (C=O) groups excluding carboxylic acids is 1. The minimum absolute atomic E-state index is 0.238. The number of esters is 1. The van der Waals surface area contributed by atoms with Crippen LogP contribution in [0.5, 0.6) is 17.2 Å². The van der Waals surface area contributed by atoms with Crippen LogP contribution in [0.4, 0.5) is 5.69 Å². The van der Waals surface area contributed by atoms with Gasteiger partial charge in [0.15, 0.2) is 5.96 Å². The predicted octanol–water partition coefficient (Wildman–Crippen LogP) is 4.20. The van der Waals surface area contributed by atoms with Crippen molar-refractivity contribution in [1.82, 2.24) is 0 Å². The number of anilines is 1. The van der Waals surface area contributed by atoms with E-state index in [2.05, 4.69) is 10.3 Å². The van der Waals surface area contributed by atoms with Gasteiger partial charge < -0.3 is 25.3 Å². The number of nitrogens with zero attached hydrogens (tertiary/aromatic N) is 1. The number of guanidine groups is 1. The van der Waals surface area contributed by atoms with Gasteiger partial charge in [-0.05, 0) is 42.0 Å². The van der Waals surface area contributed by atoms with Gasteiger partial charge in [-0.25, -0.2) is 9.79 Å². The van der Waals surface area contributed by atoms with Crippen LogP contribution < -0.4 is 20.5 Å². The van der Waals surface area contributed by atoms with Crippen LogP contribution in [-0.2, 0) is 11.3 Å². The zero-order chi connectivity index (χ0) is 21.3. The van der Waals surface area contributed by atoms with E-state index < -0.39 is 5.97 Å². The molecule has 0 saturated carbocycles. The summed E-state index contributed by atoms with van der Waals surface area (Å²) in [6, 6.07) is 22.1. The molecule has 0 radical (unpaired) electrons. The van der Waals surface area contributed by atoms with E-state index in [1.54, 1.807) is 12.1 Å². The van der Waals surface area contributed by atoms with Crippen molar-refractivity contribution >= 4 is 17.6 Å². The zero-order valence-electron chi connectivity index (χ0n) is 16.8. The van der Waals surface area contributed by atoms with E-state index in [4.69, 9.17) is 19.9 Å². The summed E-state index contributed by atoms with van der Waals surface area (Å²) in [4.78, 5) is 16.2. The molecule has 7 nitrogen and oxygen atoms in total. The summed E-state index contributed by atoms with van der Waals surface area (Å²) in [7, 11) is 2.82. The number of nitrogens with one attached hydrogen (secondary N) is 1. The fraction of sp³-hybridized carbons (Fsp3) is 0.130. The Labute approximate surface area is 175 Å². The Balaban J connectivity index is 1.67. The van der Waals surface area contributed by atoms with Crippen LogP contribution >= 0.6 is 0 Å². The number of rotatable bonds is 7. The average molecular weight is 405 g/mol. The van der Waals surface area contributed by atoms with Gasteiger partial charge in [0.05, 0.1) is 20.8 Å². The molecule has 0 aliphatic heterocycles. The molecule has 154 valence electrons. The maximum Gasteiger partial charge on any atom is 0.341 e. The lowest BCUT2D eigenvalue weighted by Crippen LogP contribution is -2.22. The maximum atomic E-state index is 11.9. The molecule has 0 bridgehead atoms. The van der Waals surface area contributed by atoms with Gasteiger partial charge in [-0.15, -0.1) is 0 Å². The van der Waals surface area contributed by atoms with Crippen molar-refractivity contribution in [3.63, 3.8) is 0 Å². The molecule has 0 saturated heterocycles. The molecule has 0 aliphatic carbocycles. The Kier molecular flexibility index (Phi) is 6.89. The predicted molar refractivity (Wildman–Crippen MR) is 116 cm³/mol. The van der Waals surface area contributed by atoms with Gasteiger partial charge in [-0.3, -0.25) is 0 Å². The maximum absolute atomic E-state index is 11.9. The van der Waals surface area contributed by atoms with Crippen molar-refractivity contribution < 1.29 is 19.0 Å². The Morgan fingerprint density at radius 2 is 1.73 bits per heavy atom. The lowest BCUT2D eigenvalue weighted by atomic mass is 10.1. The molecule has 0 heterocycles. The SMILES string of the molecule is COC(=O)c1cc(CN=C(N)Nc2cccc(Oc3ccccc3)c2)ccc1OC. The molecule has 7 heteroatoms. The number of para-hydroxylation sites is 1. The quantitative estimate of drug-likeness (QED) is 0.347. The molecular weight excluding hydrogens is 382 g/mol. The van der Waals surface area contributed by atoms with Gasteiger partial charge in [0.1, 0.15) is 22.8 Å². The van der Waals surface area contributed by atoms with Gasteiger partial charge in [0.25, 0.3) is 0 Å². The van der Waals surface area contributed by atoms with Gasteiger partial charge in [0, 0.05) is 11.8 Å². The van der Waals surface area contributed by atoms with Crippen LogP contribution in [0.25, 0.3) is 0 Å². The van der Waals surface area contributed by atoms with Crippen molar-refractivity contribution in [2.45, 2.75) is 6.54 Å². The number of benzene rings is 3. The lowest BCUT2D eigenvalue weighted by Gasteiger charge is -2.10. The summed E-state index contributed by atoms with van der Waals surface area (Å²) in [5.41, 5.74) is 7.89. The number of aliphatic imine (C=N–C) groups is 1. The smallest absolute Gasteiger partial charge is 0.341 e. The van der Waals surface area contributed by atoms with Crippen LogP contribution in [0.2, 0.25) is 0 Å². The van der Waals surface area contributed by atoms with Crippen molar-refractivity contribution in [2.75, 3.05) is 19.5 Å². The molecule has 3 N–H and O–H groups in total. The van der Waals surface area contributed by atoms with E-state index in [0.29, 0.717) is 17.1 Å². The largest absolute Gasteiger partial charge is 0.496 e. The molecule has 30 heavy (non-hydrogen) atoms. The van der Waals surface area contributed by atoms with E-state index in [9.17, 15) is 4.79 Å². The lowest BCUT2D eigenvalue weighted by molar-refractivity contribution is 0.0597. The molecule has 3 aromatic carbocycles. The van der Waals surface area contributed by atoms with Crippen LogP contribution in [0.3, 0.4) is 0 Å². The standard InChI is InChI=1S/C23H23N3O4/c1-28-21-12-11-16(13-20(21)22(27)29-2)15-25-23(24)26-17-7-6-10-19(14-17)30-18-8-4-3-5-9-18/h3-14H,15H2,1-2H3,(H3,24,25,26). The van der Waals surface area contributed by atoms with Crippen LogP contribution in [0.15, 0.2) is 77.8 Å². The highest BCUT2D eigenvalue weighted by Crippen LogP contribution is 2.24. The number of carbonyl (C=O) groups is 1. The molecule has 0 unspecified atom stereocenters. The summed E-state index contributed by atoms with van der Waals surface area (Å²) in [6.45, 7) is 0.285. The van der Waals surface area contributed by atoms with Crippen molar-refractivity contribution in [3.8, 4) is 17.2 Å². The molecular formula is C23H23N3O4. The summed E-state index contributed by atoms with van der Waals surface area (Å²) >= 11 is 0. The van der Waals surface area contributed by atoms with Gasteiger partial charge >= 0.3 is 5.97 Å². The summed E-state index contributed by atoms with van der Waals surface area (Å²) in [5, 5.41) is 3.04. The van der Waals surface area contributed by atoms with E-state index in [0.717, 1.165) is 17.0 Å². The topological polar surface area (TPSA) is 95.2 Å². The first-order valence-corrected chi connectivity index (χ1v) is 9.24. The highest BCUT2D eigenvalue weighted by Gasteiger charge is 2.13. The second-order valence-corrected chi connectivity index (χ2v) is 6.30. The second-order valence-electron chi connectivity index (χ2n) is 6.30. The normalized spacial score (nSPS) is 10.9. The molecule has 0 aliphatic rings. The van der Waals surface area contributed by atoms with Gasteiger partial charge in [0.2, 0.25) is 0 Å². The fourth-order valence-corrected chi connectivity index (χ4v) is 2.75. The number of nitrogens with two attached hydrogens (primary N) is 1. The van der Waals surface area contributed by atoms with Crippen LogP contribution in [0, 0.1) is 0 Å². The summed E-state index contributed by atoms with van der Waals surface area (Å²) in [6.07, 6.45) is 0. The molecule has 0 aromatic heterocycles. The first-order chi connectivity index (χ1) is 14.6. The number of hydrogen-bond acceptors (Lipinski definition) is 5. The van der Waals surface area contributed by atoms with E-state index >= 15 is 0 Å². The third-order valence-corrected chi connectivity index (χ3v) is 4.19. The molecule has 0 fully saturated rings. The highest BCUT2D eigenvalue weighted by atomic mass is 16.5. The van der Waals surface area contributed by atoms with E-state index in [1.807, 2.05) is 60.7 Å². The number of ether oxygens (including phenoxy) is 3.